The van der Waals surface area contributed by atoms with Gasteiger partial charge in [0.1, 0.15) is 5.82 Å². The quantitative estimate of drug-likeness (QED) is 0.773. The summed E-state index contributed by atoms with van der Waals surface area (Å²) in [4.78, 5) is 34.8. The van der Waals surface area contributed by atoms with Gasteiger partial charge >= 0.3 is 0 Å². The van der Waals surface area contributed by atoms with Gasteiger partial charge in [0.2, 0.25) is 11.9 Å². The summed E-state index contributed by atoms with van der Waals surface area (Å²) >= 11 is 0. The Kier molecular flexibility index (Phi) is 5.32. The summed E-state index contributed by atoms with van der Waals surface area (Å²) in [6.45, 7) is 7.14. The lowest BCUT2D eigenvalue weighted by molar-refractivity contribution is -0.141. The number of hydrogen-bond acceptors (Lipinski definition) is 6. The van der Waals surface area contributed by atoms with Crippen LogP contribution in [0.5, 0.6) is 0 Å². The average Bonchev–Trinajstić information content (AvgIpc) is 3.28. The molecule has 0 saturated carbocycles. The largest absolute Gasteiger partial charge is 0.382 e. The molecule has 1 atom stereocenters. The van der Waals surface area contributed by atoms with Crippen molar-refractivity contribution in [3.05, 3.63) is 11.6 Å². The first-order chi connectivity index (χ1) is 13.5. The van der Waals surface area contributed by atoms with Crippen LogP contribution in [0, 0.1) is 5.92 Å². The standard InChI is InChI=1S/C19H28N6O3/c1-13(2)14-12-15(28-22-14)18(26)23-7-5-8-24(11-10-23)19(27)17-21-20-16-6-3-4-9-25(16)17/h13,15H,3-12H2,1-2H3. The van der Waals surface area contributed by atoms with Crippen LogP contribution >= 0.6 is 0 Å². The van der Waals surface area contributed by atoms with E-state index in [4.69, 9.17) is 4.84 Å². The Morgan fingerprint density at radius 2 is 1.79 bits per heavy atom. The monoisotopic (exact) mass is 388 g/mol. The summed E-state index contributed by atoms with van der Waals surface area (Å²) in [6.07, 6.45) is 3.80. The van der Waals surface area contributed by atoms with Crippen LogP contribution in [-0.2, 0) is 22.6 Å². The summed E-state index contributed by atoms with van der Waals surface area (Å²) in [5.41, 5.74) is 0.932. The molecular weight excluding hydrogens is 360 g/mol. The van der Waals surface area contributed by atoms with Gasteiger partial charge in [0.25, 0.3) is 11.8 Å². The molecule has 0 radical (unpaired) electrons. The van der Waals surface area contributed by atoms with Gasteiger partial charge in [-0.1, -0.05) is 19.0 Å². The molecule has 0 N–H and O–H groups in total. The highest BCUT2D eigenvalue weighted by Gasteiger charge is 2.34. The van der Waals surface area contributed by atoms with Crippen molar-refractivity contribution in [2.45, 2.75) is 58.6 Å². The Morgan fingerprint density at radius 3 is 2.57 bits per heavy atom. The Balaban J connectivity index is 1.37. The highest BCUT2D eigenvalue weighted by molar-refractivity contribution is 5.94. The van der Waals surface area contributed by atoms with E-state index in [2.05, 4.69) is 15.4 Å². The summed E-state index contributed by atoms with van der Waals surface area (Å²) in [5, 5.41) is 12.4. The van der Waals surface area contributed by atoms with Crippen LogP contribution in [0.15, 0.2) is 5.16 Å². The number of amides is 2. The molecule has 3 aliphatic rings. The normalized spacial score (nSPS) is 22.5. The average molecular weight is 388 g/mol. The molecule has 2 amide bonds. The van der Waals surface area contributed by atoms with Gasteiger partial charge in [0.05, 0.1) is 5.71 Å². The minimum atomic E-state index is -0.525. The Morgan fingerprint density at radius 1 is 1.00 bits per heavy atom. The number of oxime groups is 1. The molecular formula is C19H28N6O3. The van der Waals surface area contributed by atoms with Gasteiger partial charge in [-0.05, 0) is 25.2 Å². The smallest absolute Gasteiger partial charge is 0.291 e. The van der Waals surface area contributed by atoms with Crippen LogP contribution in [0.1, 0.15) is 56.0 Å². The first-order valence-corrected chi connectivity index (χ1v) is 10.3. The molecule has 1 saturated heterocycles. The van der Waals surface area contributed by atoms with Crippen molar-refractivity contribution in [2.75, 3.05) is 26.2 Å². The third-order valence-corrected chi connectivity index (χ3v) is 5.78. The Labute approximate surface area is 164 Å². The van der Waals surface area contributed by atoms with Gasteiger partial charge in [-0.3, -0.25) is 9.59 Å². The second-order valence-electron chi connectivity index (χ2n) is 8.06. The number of carbonyl (C=O) groups excluding carboxylic acids is 2. The molecule has 28 heavy (non-hydrogen) atoms. The topological polar surface area (TPSA) is 92.9 Å². The molecule has 0 bridgehead atoms. The summed E-state index contributed by atoms with van der Waals surface area (Å²) < 4.78 is 1.96. The Hall–Kier alpha value is -2.45. The highest BCUT2D eigenvalue weighted by Crippen LogP contribution is 2.20. The first kappa shape index (κ1) is 18.9. The van der Waals surface area contributed by atoms with E-state index in [0.29, 0.717) is 38.4 Å². The lowest BCUT2D eigenvalue weighted by Gasteiger charge is -2.24. The third-order valence-electron chi connectivity index (χ3n) is 5.78. The molecule has 1 fully saturated rings. The zero-order valence-corrected chi connectivity index (χ0v) is 16.6. The van der Waals surface area contributed by atoms with E-state index >= 15 is 0 Å². The lowest BCUT2D eigenvalue weighted by Crippen LogP contribution is -2.42. The third kappa shape index (κ3) is 3.62. The van der Waals surface area contributed by atoms with Crippen molar-refractivity contribution in [2.24, 2.45) is 11.1 Å². The van der Waals surface area contributed by atoms with Gasteiger partial charge in [-0.25, -0.2) is 0 Å². The Bertz CT molecular complexity index is 787. The minimum Gasteiger partial charge on any atom is -0.382 e. The molecule has 1 aromatic heterocycles. The lowest BCUT2D eigenvalue weighted by atomic mass is 10.0. The van der Waals surface area contributed by atoms with Crippen molar-refractivity contribution >= 4 is 17.5 Å². The predicted molar refractivity (Wildman–Crippen MR) is 102 cm³/mol. The molecule has 4 rings (SSSR count). The predicted octanol–water partition coefficient (Wildman–Crippen LogP) is 1.09. The molecule has 0 aromatic carbocycles. The van der Waals surface area contributed by atoms with E-state index < -0.39 is 6.10 Å². The first-order valence-electron chi connectivity index (χ1n) is 10.3. The summed E-state index contributed by atoms with van der Waals surface area (Å²) in [7, 11) is 0. The van der Waals surface area contributed by atoms with Crippen LogP contribution in [0.2, 0.25) is 0 Å². The van der Waals surface area contributed by atoms with E-state index in [0.717, 1.165) is 43.8 Å². The molecule has 9 nitrogen and oxygen atoms in total. The van der Waals surface area contributed by atoms with Crippen LogP contribution in [0.4, 0.5) is 0 Å². The van der Waals surface area contributed by atoms with Crippen molar-refractivity contribution in [1.82, 2.24) is 24.6 Å². The van der Waals surface area contributed by atoms with Crippen LogP contribution in [0.25, 0.3) is 0 Å². The van der Waals surface area contributed by atoms with Crippen molar-refractivity contribution in [1.29, 1.82) is 0 Å². The SMILES string of the molecule is CC(C)C1=NOC(C(=O)N2CCCN(C(=O)c3nnc4n3CCCC4)CC2)C1. The minimum absolute atomic E-state index is 0.0337. The number of aromatic nitrogens is 3. The fourth-order valence-corrected chi connectivity index (χ4v) is 4.02. The zero-order chi connectivity index (χ0) is 19.7. The summed E-state index contributed by atoms with van der Waals surface area (Å²) in [5.74, 6) is 1.50. The van der Waals surface area contributed by atoms with Crippen LogP contribution in [0.3, 0.4) is 0 Å². The molecule has 4 heterocycles. The van der Waals surface area contributed by atoms with Crippen LogP contribution in [-0.4, -0.2) is 74.4 Å². The number of hydrogen-bond donors (Lipinski definition) is 0. The van der Waals surface area contributed by atoms with E-state index in [9.17, 15) is 9.59 Å². The van der Waals surface area contributed by atoms with Gasteiger partial charge in [-0.15, -0.1) is 10.2 Å². The van der Waals surface area contributed by atoms with E-state index in [1.165, 1.54) is 0 Å². The second kappa shape index (κ2) is 7.89. The van der Waals surface area contributed by atoms with Crippen molar-refractivity contribution in [3.63, 3.8) is 0 Å². The molecule has 0 spiro atoms. The van der Waals surface area contributed by atoms with Crippen molar-refractivity contribution in [3.8, 4) is 0 Å². The molecule has 9 heteroatoms. The van der Waals surface area contributed by atoms with E-state index in [-0.39, 0.29) is 17.7 Å². The molecule has 1 unspecified atom stereocenters. The number of carbonyl (C=O) groups is 2. The second-order valence-corrected chi connectivity index (χ2v) is 8.06. The fraction of sp³-hybridized carbons (Fsp3) is 0.737. The number of aryl methyl sites for hydroxylation is 1. The van der Waals surface area contributed by atoms with Crippen LogP contribution < -0.4 is 0 Å². The fourth-order valence-electron chi connectivity index (χ4n) is 4.02. The molecule has 0 aliphatic carbocycles. The van der Waals surface area contributed by atoms with Gasteiger partial charge in [-0.2, -0.15) is 0 Å². The van der Waals surface area contributed by atoms with Crippen molar-refractivity contribution < 1.29 is 14.4 Å². The van der Waals surface area contributed by atoms with Gasteiger partial charge in [0, 0.05) is 45.6 Å². The molecule has 3 aliphatic heterocycles. The number of fused-ring (bicyclic) bond motifs is 1. The molecule has 1 aromatic rings. The van der Waals surface area contributed by atoms with E-state index in [1.54, 1.807) is 9.80 Å². The maximum atomic E-state index is 13.0. The maximum Gasteiger partial charge on any atom is 0.291 e. The van der Waals surface area contributed by atoms with Gasteiger partial charge < -0.3 is 19.2 Å². The number of rotatable bonds is 3. The highest BCUT2D eigenvalue weighted by atomic mass is 16.6. The molecule has 152 valence electrons. The zero-order valence-electron chi connectivity index (χ0n) is 16.6. The maximum absolute atomic E-state index is 13.0. The van der Waals surface area contributed by atoms with E-state index in [1.807, 2.05) is 18.4 Å². The summed E-state index contributed by atoms with van der Waals surface area (Å²) in [6, 6.07) is 0. The number of nitrogens with zero attached hydrogens (tertiary/aromatic N) is 6. The van der Waals surface area contributed by atoms with Gasteiger partial charge in [0.15, 0.2) is 0 Å².